The van der Waals surface area contributed by atoms with Gasteiger partial charge in [0.1, 0.15) is 5.78 Å². The molecule has 5 atom stereocenters. The summed E-state index contributed by atoms with van der Waals surface area (Å²) in [5, 5.41) is 0. The third kappa shape index (κ3) is 2.38. The van der Waals surface area contributed by atoms with E-state index >= 15 is 0 Å². The molecule has 3 saturated carbocycles. The van der Waals surface area contributed by atoms with Crippen LogP contribution in [0.3, 0.4) is 0 Å². The van der Waals surface area contributed by atoms with E-state index in [-0.39, 0.29) is 5.41 Å². The fourth-order valence-corrected chi connectivity index (χ4v) is 6.93. The summed E-state index contributed by atoms with van der Waals surface area (Å²) >= 11 is 0. The Labute approximate surface area is 151 Å². The third-order valence-electron chi connectivity index (χ3n) is 8.32. The molecule has 0 saturated heterocycles. The molecule has 0 spiro atoms. The molecule has 0 radical (unpaired) electrons. The predicted molar refractivity (Wildman–Crippen MR) is 101 cm³/mol. The van der Waals surface area contributed by atoms with Crippen molar-refractivity contribution in [2.45, 2.75) is 70.6 Å². The van der Waals surface area contributed by atoms with Gasteiger partial charge in [0.15, 0.2) is 0 Å². The van der Waals surface area contributed by atoms with Crippen molar-refractivity contribution in [1.82, 2.24) is 0 Å². The molecule has 2 unspecified atom stereocenters. The molecule has 1 heteroatoms. The molecule has 0 N–H and O–H groups in total. The van der Waals surface area contributed by atoms with Crippen LogP contribution in [-0.2, 0) is 4.79 Å². The molecule has 4 aliphatic carbocycles. The minimum absolute atomic E-state index is 0.0167. The van der Waals surface area contributed by atoms with Gasteiger partial charge in [-0.05, 0) is 80.6 Å². The molecule has 0 aliphatic heterocycles. The monoisotopic (exact) mass is 334 g/mol. The van der Waals surface area contributed by atoms with Gasteiger partial charge in [-0.1, -0.05) is 48.4 Å². The van der Waals surface area contributed by atoms with Crippen LogP contribution in [0.25, 0.3) is 0 Å². The van der Waals surface area contributed by atoms with Crippen molar-refractivity contribution in [3.8, 4) is 0 Å². The molecule has 3 fully saturated rings. The van der Waals surface area contributed by atoms with Crippen molar-refractivity contribution in [3.63, 3.8) is 0 Å². The summed E-state index contributed by atoms with van der Waals surface area (Å²) in [6.45, 7) is 2.28. The van der Waals surface area contributed by atoms with Crippen molar-refractivity contribution >= 4 is 5.78 Å². The number of allylic oxidation sites excluding steroid dienone is 2. The van der Waals surface area contributed by atoms with Crippen molar-refractivity contribution < 1.29 is 4.79 Å². The number of hydrogen-bond acceptors (Lipinski definition) is 1. The van der Waals surface area contributed by atoms with Gasteiger partial charge in [0.25, 0.3) is 0 Å². The SMILES string of the molecule is C[C@@]12CCC3=C4CCC(c5ccccc5)CC4CC[C@H]3[C@@H]1CCC2=O. The number of carbonyl (C=O) groups excluding carboxylic acids is 1. The molecular formula is C24H30O. The zero-order chi connectivity index (χ0) is 17.0. The number of rotatable bonds is 1. The zero-order valence-electron chi connectivity index (χ0n) is 15.5. The normalized spacial score (nSPS) is 40.4. The van der Waals surface area contributed by atoms with Crippen molar-refractivity contribution in [2.75, 3.05) is 0 Å². The number of Topliss-reactive ketones (excluding diaryl/α,β-unsaturated/α-hetero) is 1. The van der Waals surface area contributed by atoms with E-state index in [4.69, 9.17) is 0 Å². The van der Waals surface area contributed by atoms with Crippen LogP contribution in [0.2, 0.25) is 0 Å². The highest BCUT2D eigenvalue weighted by molar-refractivity contribution is 5.87. The fraction of sp³-hybridized carbons (Fsp3) is 0.625. The molecule has 1 nitrogen and oxygen atoms in total. The first-order chi connectivity index (χ1) is 12.2. The van der Waals surface area contributed by atoms with Crippen LogP contribution in [0.4, 0.5) is 0 Å². The van der Waals surface area contributed by atoms with Gasteiger partial charge in [0, 0.05) is 11.8 Å². The van der Waals surface area contributed by atoms with Crippen LogP contribution in [0, 0.1) is 23.2 Å². The summed E-state index contributed by atoms with van der Waals surface area (Å²) in [4.78, 5) is 12.5. The largest absolute Gasteiger partial charge is 0.299 e. The average molecular weight is 335 g/mol. The van der Waals surface area contributed by atoms with Gasteiger partial charge < -0.3 is 0 Å². The molecule has 25 heavy (non-hydrogen) atoms. The zero-order valence-corrected chi connectivity index (χ0v) is 15.5. The van der Waals surface area contributed by atoms with Gasteiger partial charge in [-0.2, -0.15) is 0 Å². The van der Waals surface area contributed by atoms with Crippen LogP contribution in [0.15, 0.2) is 41.5 Å². The Morgan fingerprint density at radius 3 is 2.56 bits per heavy atom. The maximum atomic E-state index is 12.5. The van der Waals surface area contributed by atoms with E-state index in [1.807, 2.05) is 11.1 Å². The van der Waals surface area contributed by atoms with Crippen LogP contribution < -0.4 is 0 Å². The Bertz CT molecular complexity index is 715. The first-order valence-electron chi connectivity index (χ1n) is 10.5. The second kappa shape index (κ2) is 5.83. The Balaban J connectivity index is 1.41. The van der Waals surface area contributed by atoms with Crippen molar-refractivity contribution in [3.05, 3.63) is 47.0 Å². The van der Waals surface area contributed by atoms with E-state index in [9.17, 15) is 4.79 Å². The van der Waals surface area contributed by atoms with Crippen molar-refractivity contribution in [1.29, 1.82) is 0 Å². The van der Waals surface area contributed by atoms with E-state index in [0.29, 0.717) is 11.7 Å². The highest BCUT2D eigenvalue weighted by Crippen LogP contribution is 2.59. The summed E-state index contributed by atoms with van der Waals surface area (Å²) in [6.07, 6.45) is 11.1. The molecule has 0 heterocycles. The van der Waals surface area contributed by atoms with Gasteiger partial charge in [-0.25, -0.2) is 0 Å². The number of benzene rings is 1. The Kier molecular flexibility index (Phi) is 3.69. The van der Waals surface area contributed by atoms with Crippen molar-refractivity contribution in [2.24, 2.45) is 23.2 Å². The minimum atomic E-state index is 0.0167. The Morgan fingerprint density at radius 1 is 0.880 bits per heavy atom. The maximum absolute atomic E-state index is 12.5. The second-order valence-electron chi connectivity index (χ2n) is 9.30. The highest BCUT2D eigenvalue weighted by Gasteiger charge is 2.53. The standard InChI is InChI=1S/C24H30O/c1-24-14-13-20-19-9-7-17(16-5-3-2-4-6-16)15-18(19)8-10-21(20)22(24)11-12-23(24)25/h2-6,17-18,21-22H,7-15H2,1H3/t17?,18?,21-,22+,24-/m1/s1. The fourth-order valence-electron chi connectivity index (χ4n) is 6.93. The van der Waals surface area contributed by atoms with Crippen LogP contribution in [0.5, 0.6) is 0 Å². The summed E-state index contributed by atoms with van der Waals surface area (Å²) < 4.78 is 0. The van der Waals surface area contributed by atoms with Gasteiger partial charge in [-0.15, -0.1) is 0 Å². The summed E-state index contributed by atoms with van der Waals surface area (Å²) in [7, 11) is 0. The summed E-state index contributed by atoms with van der Waals surface area (Å²) in [6, 6.07) is 11.2. The lowest BCUT2D eigenvalue weighted by Crippen LogP contribution is -2.41. The number of ketones is 1. The van der Waals surface area contributed by atoms with Crippen LogP contribution >= 0.6 is 0 Å². The lowest BCUT2D eigenvalue weighted by Gasteiger charge is -2.48. The van der Waals surface area contributed by atoms with E-state index in [1.165, 1.54) is 38.5 Å². The van der Waals surface area contributed by atoms with E-state index in [2.05, 4.69) is 37.3 Å². The third-order valence-corrected chi connectivity index (χ3v) is 8.32. The van der Waals surface area contributed by atoms with E-state index in [0.717, 1.165) is 37.0 Å². The summed E-state index contributed by atoms with van der Waals surface area (Å²) in [5.74, 6) is 3.55. The van der Waals surface area contributed by atoms with Crippen LogP contribution in [0.1, 0.15) is 76.2 Å². The Hall–Kier alpha value is -1.37. The molecular weight excluding hydrogens is 304 g/mol. The molecule has 132 valence electrons. The maximum Gasteiger partial charge on any atom is 0.139 e. The topological polar surface area (TPSA) is 17.1 Å². The van der Waals surface area contributed by atoms with Gasteiger partial charge in [0.2, 0.25) is 0 Å². The molecule has 1 aromatic rings. The van der Waals surface area contributed by atoms with Gasteiger partial charge in [-0.3, -0.25) is 4.79 Å². The van der Waals surface area contributed by atoms with E-state index < -0.39 is 0 Å². The molecule has 0 aromatic heterocycles. The highest BCUT2D eigenvalue weighted by atomic mass is 16.1. The lowest BCUT2D eigenvalue weighted by molar-refractivity contribution is -0.128. The minimum Gasteiger partial charge on any atom is -0.299 e. The number of carbonyl (C=O) groups is 1. The molecule has 0 bridgehead atoms. The molecule has 4 aliphatic rings. The van der Waals surface area contributed by atoms with Crippen LogP contribution in [-0.4, -0.2) is 5.78 Å². The smallest absolute Gasteiger partial charge is 0.139 e. The summed E-state index contributed by atoms with van der Waals surface area (Å²) in [5.41, 5.74) is 5.22. The lowest BCUT2D eigenvalue weighted by atomic mass is 9.56. The first-order valence-corrected chi connectivity index (χ1v) is 10.5. The molecule has 5 rings (SSSR count). The van der Waals surface area contributed by atoms with E-state index in [1.54, 1.807) is 5.56 Å². The number of hydrogen-bond donors (Lipinski definition) is 0. The molecule has 1 aromatic carbocycles. The Morgan fingerprint density at radius 2 is 1.72 bits per heavy atom. The second-order valence-corrected chi connectivity index (χ2v) is 9.30. The average Bonchev–Trinajstić information content (AvgIpc) is 2.97. The predicted octanol–water partition coefficient (Wildman–Crippen LogP) is 6.06. The molecule has 0 amide bonds. The quantitative estimate of drug-likeness (QED) is 0.571. The van der Waals surface area contributed by atoms with Gasteiger partial charge in [0.05, 0.1) is 0 Å². The van der Waals surface area contributed by atoms with Gasteiger partial charge >= 0.3 is 0 Å². The number of fused-ring (bicyclic) bond motifs is 4. The first kappa shape index (κ1) is 15.9.